The summed E-state index contributed by atoms with van der Waals surface area (Å²) in [6, 6.07) is 0.400. The lowest BCUT2D eigenvalue weighted by Crippen LogP contribution is -2.31. The zero-order valence-electron chi connectivity index (χ0n) is 9.73. The second kappa shape index (κ2) is 4.55. The van der Waals surface area contributed by atoms with Gasteiger partial charge in [0.05, 0.1) is 7.11 Å². The van der Waals surface area contributed by atoms with Crippen molar-refractivity contribution in [2.24, 2.45) is 5.92 Å². The Kier molecular flexibility index (Phi) is 3.12. The molecule has 2 rings (SSSR count). The van der Waals surface area contributed by atoms with Crippen molar-refractivity contribution in [3.63, 3.8) is 0 Å². The fourth-order valence-corrected chi connectivity index (χ4v) is 1.96. The summed E-state index contributed by atoms with van der Waals surface area (Å²) < 4.78 is 5.20. The van der Waals surface area contributed by atoms with Gasteiger partial charge in [0.15, 0.2) is 11.6 Å². The van der Waals surface area contributed by atoms with Gasteiger partial charge in [-0.2, -0.15) is 0 Å². The van der Waals surface area contributed by atoms with E-state index in [0.717, 1.165) is 5.92 Å². The highest BCUT2D eigenvalue weighted by molar-refractivity contribution is 5.61. The number of nitrogen functional groups attached to an aromatic ring is 1. The highest BCUT2D eigenvalue weighted by Gasteiger charge is 2.25. The molecule has 1 atom stereocenters. The molecule has 5 nitrogen and oxygen atoms in total. The van der Waals surface area contributed by atoms with Gasteiger partial charge in [-0.15, -0.1) is 0 Å². The Morgan fingerprint density at radius 1 is 1.50 bits per heavy atom. The minimum absolute atomic E-state index is 0.376. The van der Waals surface area contributed by atoms with Crippen molar-refractivity contribution in [2.75, 3.05) is 18.2 Å². The van der Waals surface area contributed by atoms with Gasteiger partial charge >= 0.3 is 0 Å². The number of anilines is 2. The van der Waals surface area contributed by atoms with E-state index in [0.29, 0.717) is 23.4 Å². The van der Waals surface area contributed by atoms with Crippen LogP contribution in [0.2, 0.25) is 0 Å². The first-order valence-electron chi connectivity index (χ1n) is 5.63. The molecule has 5 heteroatoms. The summed E-state index contributed by atoms with van der Waals surface area (Å²) in [5.41, 5.74) is 5.71. The number of ether oxygens (including phenoxy) is 1. The van der Waals surface area contributed by atoms with E-state index in [4.69, 9.17) is 10.5 Å². The zero-order valence-corrected chi connectivity index (χ0v) is 9.73. The van der Waals surface area contributed by atoms with Gasteiger partial charge < -0.3 is 15.8 Å². The first-order valence-corrected chi connectivity index (χ1v) is 5.63. The van der Waals surface area contributed by atoms with Crippen LogP contribution in [0, 0.1) is 5.92 Å². The Morgan fingerprint density at radius 2 is 2.25 bits per heavy atom. The molecule has 1 aliphatic rings. The van der Waals surface area contributed by atoms with Gasteiger partial charge in [-0.1, -0.05) is 6.42 Å². The predicted molar refractivity (Wildman–Crippen MR) is 63.4 cm³/mol. The van der Waals surface area contributed by atoms with Gasteiger partial charge in [-0.25, -0.2) is 9.97 Å². The van der Waals surface area contributed by atoms with Crippen LogP contribution in [-0.2, 0) is 0 Å². The Labute approximate surface area is 95.4 Å². The number of rotatable bonds is 4. The third kappa shape index (κ3) is 2.03. The van der Waals surface area contributed by atoms with Gasteiger partial charge in [0.25, 0.3) is 0 Å². The van der Waals surface area contributed by atoms with E-state index >= 15 is 0 Å². The molecule has 0 amide bonds. The van der Waals surface area contributed by atoms with Crippen LogP contribution in [0.4, 0.5) is 11.6 Å². The number of nitrogens with one attached hydrogen (secondary N) is 1. The molecule has 0 aromatic carbocycles. The summed E-state index contributed by atoms with van der Waals surface area (Å²) in [4.78, 5) is 8.06. The molecule has 1 saturated carbocycles. The monoisotopic (exact) mass is 222 g/mol. The number of methoxy groups -OCH3 is 1. The summed E-state index contributed by atoms with van der Waals surface area (Å²) in [5, 5.41) is 3.35. The fourth-order valence-electron chi connectivity index (χ4n) is 1.96. The van der Waals surface area contributed by atoms with E-state index in [2.05, 4.69) is 22.2 Å². The highest BCUT2D eigenvalue weighted by atomic mass is 16.5. The zero-order chi connectivity index (χ0) is 11.5. The number of hydrogen-bond donors (Lipinski definition) is 2. The summed E-state index contributed by atoms with van der Waals surface area (Å²) in [6.07, 6.45) is 5.36. The average Bonchev–Trinajstić information content (AvgIpc) is 2.15. The topological polar surface area (TPSA) is 73.1 Å². The largest absolute Gasteiger partial charge is 0.490 e. The van der Waals surface area contributed by atoms with Crippen LogP contribution < -0.4 is 15.8 Å². The molecule has 0 bridgehead atoms. The molecular weight excluding hydrogens is 204 g/mol. The van der Waals surface area contributed by atoms with Gasteiger partial charge in [0.2, 0.25) is 5.75 Å². The normalized spacial score (nSPS) is 17.6. The molecular formula is C11H18N4O. The summed E-state index contributed by atoms with van der Waals surface area (Å²) >= 11 is 0. The molecule has 1 aliphatic carbocycles. The third-order valence-electron chi connectivity index (χ3n) is 3.26. The first-order chi connectivity index (χ1) is 7.72. The number of hydrogen-bond acceptors (Lipinski definition) is 5. The molecule has 1 heterocycles. The van der Waals surface area contributed by atoms with E-state index in [9.17, 15) is 0 Å². The average molecular weight is 222 g/mol. The maximum absolute atomic E-state index is 5.71. The van der Waals surface area contributed by atoms with Gasteiger partial charge in [0, 0.05) is 6.04 Å². The molecule has 1 unspecified atom stereocenters. The molecule has 0 spiro atoms. The minimum Gasteiger partial charge on any atom is -0.490 e. The molecule has 0 radical (unpaired) electrons. The SMILES string of the molecule is COc1c(N)ncnc1NC(C)C1CCC1. The molecule has 1 aromatic heterocycles. The van der Waals surface area contributed by atoms with Crippen LogP contribution in [-0.4, -0.2) is 23.1 Å². The van der Waals surface area contributed by atoms with E-state index < -0.39 is 0 Å². The fraction of sp³-hybridized carbons (Fsp3) is 0.636. The number of nitrogens with zero attached hydrogens (tertiary/aromatic N) is 2. The molecule has 0 aliphatic heterocycles. The van der Waals surface area contributed by atoms with Crippen LogP contribution >= 0.6 is 0 Å². The summed E-state index contributed by atoms with van der Waals surface area (Å²) in [6.45, 7) is 2.17. The van der Waals surface area contributed by atoms with E-state index in [1.165, 1.54) is 25.6 Å². The van der Waals surface area contributed by atoms with Crippen LogP contribution in [0.3, 0.4) is 0 Å². The minimum atomic E-state index is 0.376. The van der Waals surface area contributed by atoms with Crippen molar-refractivity contribution < 1.29 is 4.74 Å². The van der Waals surface area contributed by atoms with Crippen LogP contribution in [0.25, 0.3) is 0 Å². The maximum atomic E-state index is 5.71. The van der Waals surface area contributed by atoms with E-state index in [-0.39, 0.29) is 0 Å². The van der Waals surface area contributed by atoms with Crippen molar-refractivity contribution in [3.05, 3.63) is 6.33 Å². The van der Waals surface area contributed by atoms with Crippen molar-refractivity contribution in [1.82, 2.24) is 9.97 Å². The smallest absolute Gasteiger partial charge is 0.203 e. The lowest BCUT2D eigenvalue weighted by Gasteiger charge is -2.32. The standard InChI is InChI=1S/C11H18N4O/c1-7(8-4-3-5-8)15-11-9(16-2)10(12)13-6-14-11/h6-8H,3-5H2,1-2H3,(H3,12,13,14,15). The van der Waals surface area contributed by atoms with Gasteiger partial charge in [-0.3, -0.25) is 0 Å². The highest BCUT2D eigenvalue weighted by Crippen LogP contribution is 2.33. The van der Waals surface area contributed by atoms with Crippen molar-refractivity contribution in [2.45, 2.75) is 32.2 Å². The maximum Gasteiger partial charge on any atom is 0.203 e. The molecule has 16 heavy (non-hydrogen) atoms. The molecule has 3 N–H and O–H groups in total. The molecule has 1 aromatic rings. The van der Waals surface area contributed by atoms with Crippen molar-refractivity contribution in [3.8, 4) is 5.75 Å². The van der Waals surface area contributed by atoms with E-state index in [1.54, 1.807) is 7.11 Å². The quantitative estimate of drug-likeness (QED) is 0.810. The third-order valence-corrected chi connectivity index (χ3v) is 3.26. The van der Waals surface area contributed by atoms with Crippen LogP contribution in [0.1, 0.15) is 26.2 Å². The second-order valence-electron chi connectivity index (χ2n) is 4.26. The van der Waals surface area contributed by atoms with Crippen molar-refractivity contribution in [1.29, 1.82) is 0 Å². The Hall–Kier alpha value is -1.52. The molecule has 1 fully saturated rings. The lowest BCUT2D eigenvalue weighted by molar-refractivity contribution is 0.284. The Morgan fingerprint density at radius 3 is 2.81 bits per heavy atom. The Balaban J connectivity index is 2.10. The van der Waals surface area contributed by atoms with Crippen molar-refractivity contribution >= 4 is 11.6 Å². The first kappa shape index (κ1) is 11.0. The number of aromatic nitrogens is 2. The van der Waals surface area contributed by atoms with Crippen LogP contribution in [0.5, 0.6) is 5.75 Å². The second-order valence-corrected chi connectivity index (χ2v) is 4.26. The van der Waals surface area contributed by atoms with E-state index in [1.807, 2.05) is 0 Å². The summed E-state index contributed by atoms with van der Waals surface area (Å²) in [7, 11) is 1.58. The molecule has 88 valence electrons. The van der Waals surface area contributed by atoms with Crippen LogP contribution in [0.15, 0.2) is 6.33 Å². The number of nitrogens with two attached hydrogens (primary N) is 1. The lowest BCUT2D eigenvalue weighted by atomic mass is 9.80. The summed E-state index contributed by atoms with van der Waals surface area (Å²) in [5.74, 6) is 2.34. The van der Waals surface area contributed by atoms with Gasteiger partial charge in [-0.05, 0) is 25.7 Å². The molecule has 0 saturated heterocycles. The van der Waals surface area contributed by atoms with Gasteiger partial charge in [0.1, 0.15) is 6.33 Å². The predicted octanol–water partition coefficient (Wildman–Crippen LogP) is 1.67. The Bertz CT molecular complexity index is 365.